The molecule has 1 aliphatic carbocycles. The molecule has 1 saturated heterocycles. The number of carbonyl (C=O) groups excluding carboxylic acids is 1. The smallest absolute Gasteiger partial charge is 0.225 e. The minimum Gasteiger partial charge on any atom is -0.355 e. The van der Waals surface area contributed by atoms with Crippen LogP contribution in [0.4, 0.5) is 0 Å². The van der Waals surface area contributed by atoms with E-state index in [0.717, 1.165) is 32.5 Å². The Morgan fingerprint density at radius 3 is 2.60 bits per heavy atom. The Morgan fingerprint density at radius 2 is 2.07 bits per heavy atom. The van der Waals surface area contributed by atoms with Crippen molar-refractivity contribution >= 4 is 5.91 Å². The van der Waals surface area contributed by atoms with Gasteiger partial charge in [0.2, 0.25) is 5.91 Å². The van der Waals surface area contributed by atoms with Crippen LogP contribution in [0, 0.1) is 11.3 Å². The van der Waals surface area contributed by atoms with Crippen LogP contribution in [0.15, 0.2) is 0 Å². The monoisotopic (exact) mass is 210 g/mol. The van der Waals surface area contributed by atoms with Crippen LogP contribution in [0.25, 0.3) is 0 Å². The molecule has 1 aliphatic heterocycles. The van der Waals surface area contributed by atoms with Crippen molar-refractivity contribution in [3.63, 3.8) is 0 Å². The summed E-state index contributed by atoms with van der Waals surface area (Å²) < 4.78 is 0. The van der Waals surface area contributed by atoms with Crippen molar-refractivity contribution in [1.82, 2.24) is 10.6 Å². The maximum absolute atomic E-state index is 11.9. The molecule has 0 radical (unpaired) electrons. The van der Waals surface area contributed by atoms with Crippen molar-refractivity contribution in [3.8, 4) is 0 Å². The zero-order chi connectivity index (χ0) is 10.7. The molecule has 2 fully saturated rings. The van der Waals surface area contributed by atoms with Crippen molar-refractivity contribution in [2.24, 2.45) is 11.3 Å². The Kier molecular flexibility index (Phi) is 3.29. The van der Waals surface area contributed by atoms with Crippen LogP contribution in [0.1, 0.15) is 39.0 Å². The predicted octanol–water partition coefficient (Wildman–Crippen LogP) is 1.29. The highest BCUT2D eigenvalue weighted by molar-refractivity contribution is 5.83. The molecule has 0 unspecified atom stereocenters. The largest absolute Gasteiger partial charge is 0.355 e. The molecule has 0 aromatic heterocycles. The molecule has 0 aromatic carbocycles. The topological polar surface area (TPSA) is 41.1 Å². The molecular weight excluding hydrogens is 188 g/mol. The van der Waals surface area contributed by atoms with E-state index in [-0.39, 0.29) is 11.3 Å². The number of rotatable bonds is 3. The minimum absolute atomic E-state index is 0.0348. The van der Waals surface area contributed by atoms with Crippen molar-refractivity contribution < 1.29 is 4.79 Å². The highest BCUT2D eigenvalue weighted by Gasteiger charge is 2.39. The molecule has 3 heteroatoms. The van der Waals surface area contributed by atoms with Crippen molar-refractivity contribution in [2.75, 3.05) is 19.6 Å². The first-order chi connectivity index (χ1) is 7.21. The van der Waals surface area contributed by atoms with Gasteiger partial charge in [-0.3, -0.25) is 4.79 Å². The molecule has 3 nitrogen and oxygen atoms in total. The summed E-state index contributed by atoms with van der Waals surface area (Å²) in [6.45, 7) is 5.19. The Morgan fingerprint density at radius 1 is 1.40 bits per heavy atom. The van der Waals surface area contributed by atoms with E-state index in [4.69, 9.17) is 0 Å². The fourth-order valence-corrected chi connectivity index (χ4v) is 2.47. The second kappa shape index (κ2) is 4.52. The van der Waals surface area contributed by atoms with Crippen molar-refractivity contribution in [1.29, 1.82) is 0 Å². The predicted molar refractivity (Wildman–Crippen MR) is 60.6 cm³/mol. The number of hydrogen-bond acceptors (Lipinski definition) is 2. The molecule has 2 rings (SSSR count). The number of carbonyl (C=O) groups is 1. The van der Waals surface area contributed by atoms with Gasteiger partial charge in [-0.25, -0.2) is 0 Å². The van der Waals surface area contributed by atoms with Gasteiger partial charge in [0, 0.05) is 12.0 Å². The van der Waals surface area contributed by atoms with Crippen molar-refractivity contribution in [2.45, 2.75) is 39.0 Å². The second-order valence-electron chi connectivity index (χ2n) is 5.32. The first-order valence-electron chi connectivity index (χ1n) is 6.20. The molecule has 0 atom stereocenters. The average molecular weight is 210 g/mol. The average Bonchev–Trinajstić information content (AvgIpc) is 2.24. The van der Waals surface area contributed by atoms with Gasteiger partial charge in [0.05, 0.1) is 0 Å². The lowest BCUT2D eigenvalue weighted by Gasteiger charge is -2.37. The van der Waals surface area contributed by atoms with Gasteiger partial charge in [0.25, 0.3) is 0 Å². The molecule has 15 heavy (non-hydrogen) atoms. The summed E-state index contributed by atoms with van der Waals surface area (Å²) in [6, 6.07) is 0. The quantitative estimate of drug-likeness (QED) is 0.737. The highest BCUT2D eigenvalue weighted by Crippen LogP contribution is 2.40. The molecule has 1 heterocycles. The van der Waals surface area contributed by atoms with E-state index in [1.165, 1.54) is 19.3 Å². The lowest BCUT2D eigenvalue weighted by atomic mass is 9.70. The van der Waals surface area contributed by atoms with E-state index in [1.807, 2.05) is 0 Å². The van der Waals surface area contributed by atoms with E-state index in [2.05, 4.69) is 17.6 Å². The van der Waals surface area contributed by atoms with Gasteiger partial charge in [0.15, 0.2) is 0 Å². The standard InChI is InChI=1S/C12H22N2O/c1-12(5-2-6-12)11(15)14-9-10-3-7-13-8-4-10/h10,13H,2-9H2,1H3,(H,14,15). The van der Waals surface area contributed by atoms with Gasteiger partial charge in [-0.1, -0.05) is 13.3 Å². The zero-order valence-electron chi connectivity index (χ0n) is 9.64. The molecular formula is C12H22N2O. The lowest BCUT2D eigenvalue weighted by molar-refractivity contribution is -0.134. The van der Waals surface area contributed by atoms with Crippen LogP contribution in [-0.4, -0.2) is 25.5 Å². The van der Waals surface area contributed by atoms with Crippen LogP contribution < -0.4 is 10.6 Å². The molecule has 0 aromatic rings. The van der Waals surface area contributed by atoms with E-state index in [0.29, 0.717) is 5.92 Å². The van der Waals surface area contributed by atoms with E-state index in [1.54, 1.807) is 0 Å². The Labute approximate surface area is 92.0 Å². The van der Waals surface area contributed by atoms with Gasteiger partial charge in [0.1, 0.15) is 0 Å². The number of nitrogens with one attached hydrogen (secondary N) is 2. The summed E-state index contributed by atoms with van der Waals surface area (Å²) in [5.74, 6) is 0.978. The van der Waals surface area contributed by atoms with Gasteiger partial charge in [-0.05, 0) is 44.7 Å². The SMILES string of the molecule is CC1(C(=O)NCC2CCNCC2)CCC1. The lowest BCUT2D eigenvalue weighted by Crippen LogP contribution is -2.45. The van der Waals surface area contributed by atoms with E-state index < -0.39 is 0 Å². The highest BCUT2D eigenvalue weighted by atomic mass is 16.2. The third kappa shape index (κ3) is 2.51. The number of amides is 1. The van der Waals surface area contributed by atoms with Gasteiger partial charge in [-0.2, -0.15) is 0 Å². The van der Waals surface area contributed by atoms with E-state index in [9.17, 15) is 4.79 Å². The molecule has 1 saturated carbocycles. The summed E-state index contributed by atoms with van der Waals surface area (Å²) >= 11 is 0. The number of hydrogen-bond donors (Lipinski definition) is 2. The minimum atomic E-state index is -0.0348. The van der Waals surface area contributed by atoms with Crippen LogP contribution in [0.3, 0.4) is 0 Å². The maximum Gasteiger partial charge on any atom is 0.225 e. The summed E-state index contributed by atoms with van der Waals surface area (Å²) in [5, 5.41) is 6.47. The normalized spacial score (nSPS) is 25.7. The first kappa shape index (κ1) is 10.9. The Bertz CT molecular complexity index is 230. The molecule has 86 valence electrons. The summed E-state index contributed by atoms with van der Waals surface area (Å²) in [4.78, 5) is 11.9. The van der Waals surface area contributed by atoms with Gasteiger partial charge < -0.3 is 10.6 Å². The molecule has 2 aliphatic rings. The van der Waals surface area contributed by atoms with Crippen LogP contribution >= 0.6 is 0 Å². The van der Waals surface area contributed by atoms with Crippen molar-refractivity contribution in [3.05, 3.63) is 0 Å². The molecule has 0 bridgehead atoms. The fourth-order valence-electron chi connectivity index (χ4n) is 2.47. The summed E-state index contributed by atoms with van der Waals surface area (Å²) in [5.41, 5.74) is -0.0348. The third-order valence-electron chi connectivity index (χ3n) is 4.02. The molecule has 0 spiro atoms. The van der Waals surface area contributed by atoms with Gasteiger partial charge in [-0.15, -0.1) is 0 Å². The van der Waals surface area contributed by atoms with E-state index >= 15 is 0 Å². The van der Waals surface area contributed by atoms with Crippen LogP contribution in [-0.2, 0) is 4.79 Å². The first-order valence-corrected chi connectivity index (χ1v) is 6.20. The third-order valence-corrected chi connectivity index (χ3v) is 4.02. The molecule has 1 amide bonds. The van der Waals surface area contributed by atoms with Gasteiger partial charge >= 0.3 is 0 Å². The fraction of sp³-hybridized carbons (Fsp3) is 0.917. The van der Waals surface area contributed by atoms with Crippen LogP contribution in [0.2, 0.25) is 0 Å². The Hall–Kier alpha value is -0.570. The molecule has 2 N–H and O–H groups in total. The summed E-state index contributed by atoms with van der Waals surface area (Å²) in [7, 11) is 0. The zero-order valence-corrected chi connectivity index (χ0v) is 9.64. The number of piperidine rings is 1. The maximum atomic E-state index is 11.9. The summed E-state index contributed by atoms with van der Waals surface area (Å²) in [6.07, 6.45) is 5.78. The second-order valence-corrected chi connectivity index (χ2v) is 5.32. The van der Waals surface area contributed by atoms with Crippen LogP contribution in [0.5, 0.6) is 0 Å². The Balaban J connectivity index is 1.70.